The Bertz CT molecular complexity index is 2170. The lowest BCUT2D eigenvalue weighted by molar-refractivity contribution is -0.137. The molecule has 246 valence electrons. The second-order valence-corrected chi connectivity index (χ2v) is 10.4. The summed E-state index contributed by atoms with van der Waals surface area (Å²) in [6.07, 6.45) is -5.03. The lowest BCUT2D eigenvalue weighted by Gasteiger charge is -2.17. The number of carbonyl (C=O) groups excluding carboxylic acids is 2. The highest BCUT2D eigenvalue weighted by Gasteiger charge is 2.33. The predicted molar refractivity (Wildman–Crippen MR) is 160 cm³/mol. The maximum absolute atomic E-state index is 14.2. The maximum Gasteiger partial charge on any atom is 0.416 e. The van der Waals surface area contributed by atoms with Crippen molar-refractivity contribution in [2.45, 2.75) is 6.18 Å². The zero-order valence-corrected chi connectivity index (χ0v) is 24.7. The highest BCUT2D eigenvalue weighted by Crippen LogP contribution is 2.44. The summed E-state index contributed by atoms with van der Waals surface area (Å²) in [5, 5.41) is 27.8. The summed E-state index contributed by atoms with van der Waals surface area (Å²) < 4.78 is 75.4. The summed E-state index contributed by atoms with van der Waals surface area (Å²) in [4.78, 5) is 50.7. The molecule has 0 bridgehead atoms. The number of carbonyl (C=O) groups is 4. The van der Waals surface area contributed by atoms with E-state index >= 15 is 0 Å². The summed E-state index contributed by atoms with van der Waals surface area (Å²) in [5.74, 6) is -9.03. The minimum atomic E-state index is -5.03. The first-order valence-electron chi connectivity index (χ1n) is 13.3. The number of benzene rings is 4. The van der Waals surface area contributed by atoms with E-state index in [-0.39, 0.29) is 33.3 Å². The fourth-order valence-corrected chi connectivity index (χ4v) is 4.85. The van der Waals surface area contributed by atoms with Gasteiger partial charge in [0.05, 0.1) is 43.9 Å². The number of carboxylic acid groups (broad SMARTS) is 2. The molecular weight excluding hydrogens is 671 g/mol. The molecule has 4 N–H and O–H groups in total. The van der Waals surface area contributed by atoms with E-state index in [4.69, 9.17) is 16.3 Å². The molecular formula is C31H18ClF5N4O7. The van der Waals surface area contributed by atoms with Gasteiger partial charge in [-0.25, -0.2) is 18.4 Å². The van der Waals surface area contributed by atoms with Crippen LogP contribution in [0, 0.1) is 11.6 Å². The van der Waals surface area contributed by atoms with E-state index in [0.717, 1.165) is 35.0 Å². The molecule has 0 saturated carbocycles. The number of hydrogen-bond donors (Lipinski definition) is 4. The zero-order valence-electron chi connectivity index (χ0n) is 23.9. The first-order chi connectivity index (χ1) is 22.5. The van der Waals surface area contributed by atoms with E-state index in [0.29, 0.717) is 12.1 Å². The van der Waals surface area contributed by atoms with Crippen LogP contribution in [0.15, 0.2) is 66.7 Å². The SMILES string of the molecule is Cn1nc(NC(=O)c2ccccc2C(=O)O)c2c(Oc3cc(F)ccc3Cl)c(NC(=O)c3cc(F)cc(C(F)(F)F)c3)cc(C(=O)O)c21. The number of anilines is 2. The minimum Gasteiger partial charge on any atom is -0.478 e. The standard InChI is InChI=1S/C31H18ClF5N4O7/c1-41-24-19(30(46)47)12-21(38-27(42)13-8-14(31(35,36)37)10-16(34)9-13)25(48-22-11-15(33)6-7-20(22)32)23(24)26(40-41)39-28(43)17-4-2-3-5-18(17)29(44)45/h2-12H,1H3,(H,38,42)(H,44,45)(H,46,47)(H,39,40,43). The molecule has 0 atom stereocenters. The number of halogens is 6. The van der Waals surface area contributed by atoms with Crippen LogP contribution < -0.4 is 15.4 Å². The third-order valence-electron chi connectivity index (χ3n) is 6.77. The summed E-state index contributed by atoms with van der Waals surface area (Å²) in [5.41, 5.74) is -4.41. The van der Waals surface area contributed by atoms with E-state index < -0.39 is 81.1 Å². The lowest BCUT2D eigenvalue weighted by Crippen LogP contribution is -2.17. The van der Waals surface area contributed by atoms with E-state index in [1.807, 2.05) is 0 Å². The number of nitrogens with one attached hydrogen (secondary N) is 2. The van der Waals surface area contributed by atoms with Crippen LogP contribution in [-0.4, -0.2) is 43.7 Å². The fourth-order valence-electron chi connectivity index (χ4n) is 4.70. The van der Waals surface area contributed by atoms with E-state index in [1.54, 1.807) is 0 Å². The van der Waals surface area contributed by atoms with Crippen molar-refractivity contribution >= 4 is 57.8 Å². The Hall–Kier alpha value is -6.03. The number of nitrogens with zero attached hydrogens (tertiary/aromatic N) is 2. The Kier molecular flexibility index (Phi) is 8.78. The third kappa shape index (κ3) is 6.59. The number of fused-ring (bicyclic) bond motifs is 1. The van der Waals surface area contributed by atoms with Gasteiger partial charge in [0.1, 0.15) is 17.4 Å². The van der Waals surface area contributed by atoms with Gasteiger partial charge in [0.25, 0.3) is 11.8 Å². The van der Waals surface area contributed by atoms with Crippen molar-refractivity contribution in [2.75, 3.05) is 10.6 Å². The highest BCUT2D eigenvalue weighted by atomic mass is 35.5. The number of hydrogen-bond acceptors (Lipinski definition) is 6. The Labute approximate surface area is 270 Å². The number of amides is 2. The number of aryl methyl sites for hydroxylation is 1. The van der Waals surface area contributed by atoms with E-state index in [1.165, 1.54) is 25.2 Å². The predicted octanol–water partition coefficient (Wildman–Crippen LogP) is 7.22. The molecule has 5 aromatic rings. The molecule has 0 spiro atoms. The van der Waals surface area contributed by atoms with Gasteiger partial charge in [-0.2, -0.15) is 18.3 Å². The molecule has 1 heterocycles. The molecule has 1 aromatic heterocycles. The smallest absolute Gasteiger partial charge is 0.416 e. The van der Waals surface area contributed by atoms with Crippen molar-refractivity contribution in [3.63, 3.8) is 0 Å². The molecule has 0 radical (unpaired) electrons. The van der Waals surface area contributed by atoms with E-state index in [2.05, 4.69) is 15.7 Å². The average Bonchev–Trinajstić information content (AvgIpc) is 3.33. The molecule has 0 unspecified atom stereocenters. The Morgan fingerprint density at radius 1 is 0.833 bits per heavy atom. The van der Waals surface area contributed by atoms with Crippen LogP contribution in [0.1, 0.15) is 47.0 Å². The van der Waals surface area contributed by atoms with Crippen molar-refractivity contribution in [1.82, 2.24) is 9.78 Å². The molecule has 0 aliphatic carbocycles. The Morgan fingerprint density at radius 3 is 2.15 bits per heavy atom. The molecule has 11 nitrogen and oxygen atoms in total. The normalized spacial score (nSPS) is 11.3. The first-order valence-corrected chi connectivity index (χ1v) is 13.7. The number of aromatic carboxylic acids is 2. The van der Waals surface area contributed by atoms with Crippen LogP contribution in [0.25, 0.3) is 10.9 Å². The average molecular weight is 689 g/mol. The van der Waals surface area contributed by atoms with Crippen LogP contribution in [0.4, 0.5) is 33.5 Å². The molecule has 5 rings (SSSR count). The number of ether oxygens (including phenoxy) is 1. The molecule has 48 heavy (non-hydrogen) atoms. The lowest BCUT2D eigenvalue weighted by atomic mass is 10.1. The van der Waals surface area contributed by atoms with Crippen LogP contribution in [0.3, 0.4) is 0 Å². The zero-order chi connectivity index (χ0) is 35.1. The molecule has 0 saturated heterocycles. The second kappa shape index (κ2) is 12.6. The van der Waals surface area contributed by atoms with E-state index in [9.17, 15) is 51.3 Å². The Balaban J connectivity index is 1.74. The topological polar surface area (TPSA) is 160 Å². The molecule has 2 amide bonds. The van der Waals surface area contributed by atoms with Gasteiger partial charge >= 0.3 is 18.1 Å². The van der Waals surface area contributed by atoms with Gasteiger partial charge in [0.2, 0.25) is 0 Å². The molecule has 17 heteroatoms. The monoisotopic (exact) mass is 688 g/mol. The van der Waals surface area contributed by atoms with Gasteiger partial charge in [-0.05, 0) is 48.5 Å². The van der Waals surface area contributed by atoms with Crippen molar-refractivity contribution in [1.29, 1.82) is 0 Å². The molecule has 0 aliphatic heterocycles. The van der Waals surface area contributed by atoms with Crippen molar-refractivity contribution in [2.24, 2.45) is 7.05 Å². The van der Waals surface area contributed by atoms with Gasteiger partial charge in [0, 0.05) is 18.7 Å². The quantitative estimate of drug-likeness (QED) is 0.124. The van der Waals surface area contributed by atoms with Crippen LogP contribution in [0.2, 0.25) is 5.02 Å². The number of alkyl halides is 3. The second-order valence-electron chi connectivity index (χ2n) is 9.96. The highest BCUT2D eigenvalue weighted by molar-refractivity contribution is 6.32. The Morgan fingerprint density at radius 2 is 1.50 bits per heavy atom. The van der Waals surface area contributed by atoms with Gasteiger partial charge in [-0.15, -0.1) is 0 Å². The summed E-state index contributed by atoms with van der Waals surface area (Å²) in [6.45, 7) is 0. The minimum absolute atomic E-state index is 0.166. The van der Waals surface area contributed by atoms with Crippen LogP contribution in [-0.2, 0) is 13.2 Å². The molecule has 0 fully saturated rings. The first kappa shape index (κ1) is 33.3. The van der Waals surface area contributed by atoms with Gasteiger partial charge in [-0.1, -0.05) is 23.7 Å². The third-order valence-corrected chi connectivity index (χ3v) is 7.08. The van der Waals surface area contributed by atoms with Crippen molar-refractivity contribution < 1.29 is 56.1 Å². The van der Waals surface area contributed by atoms with Crippen molar-refractivity contribution in [3.8, 4) is 11.5 Å². The maximum atomic E-state index is 14.2. The van der Waals surface area contributed by atoms with Gasteiger partial charge in [-0.3, -0.25) is 14.3 Å². The van der Waals surface area contributed by atoms with Gasteiger partial charge < -0.3 is 25.6 Å². The summed E-state index contributed by atoms with van der Waals surface area (Å²) in [7, 11) is 1.28. The summed E-state index contributed by atoms with van der Waals surface area (Å²) in [6, 6.07) is 9.88. The van der Waals surface area contributed by atoms with Crippen molar-refractivity contribution in [3.05, 3.63) is 111 Å². The number of aromatic nitrogens is 2. The van der Waals surface area contributed by atoms with Gasteiger partial charge in [0.15, 0.2) is 11.6 Å². The number of rotatable bonds is 8. The largest absolute Gasteiger partial charge is 0.478 e. The summed E-state index contributed by atoms with van der Waals surface area (Å²) >= 11 is 6.20. The van der Waals surface area contributed by atoms with Crippen LogP contribution >= 0.6 is 11.6 Å². The molecule has 4 aromatic carbocycles. The van der Waals surface area contributed by atoms with Crippen LogP contribution in [0.5, 0.6) is 11.5 Å². The number of carboxylic acids is 2. The fraction of sp³-hybridized carbons (Fsp3) is 0.0645. The molecule has 0 aliphatic rings.